The number of carbonyl (C=O) groups excluding carboxylic acids is 1. The number of rotatable bonds is 5. The Labute approximate surface area is 128 Å². The lowest BCUT2D eigenvalue weighted by Gasteiger charge is -2.34. The van der Waals surface area contributed by atoms with Crippen LogP contribution in [0.15, 0.2) is 24.3 Å². The second-order valence-corrected chi connectivity index (χ2v) is 6.83. The summed E-state index contributed by atoms with van der Waals surface area (Å²) in [5.74, 6) is 2.12. The molecule has 0 spiro atoms. The zero-order valence-corrected chi connectivity index (χ0v) is 13.9. The van der Waals surface area contributed by atoms with Crippen LogP contribution in [0.3, 0.4) is 0 Å². The fourth-order valence-corrected chi connectivity index (χ4v) is 3.35. The number of hydrogen-bond donors (Lipinski definition) is 1. The summed E-state index contributed by atoms with van der Waals surface area (Å²) in [5.41, 5.74) is 2.28. The number of anilines is 1. The van der Waals surface area contributed by atoms with Crippen molar-refractivity contribution < 1.29 is 4.79 Å². The van der Waals surface area contributed by atoms with Crippen molar-refractivity contribution in [1.29, 1.82) is 0 Å². The lowest BCUT2D eigenvalue weighted by Crippen LogP contribution is -2.40. The molecule has 0 radical (unpaired) electrons. The largest absolute Gasteiger partial charge is 0.315 e. The Morgan fingerprint density at radius 3 is 2.43 bits per heavy atom. The number of carbonyl (C=O) groups is 1. The first-order valence-corrected chi connectivity index (χ1v) is 8.00. The Kier molecular flexibility index (Phi) is 5.04. The van der Waals surface area contributed by atoms with Gasteiger partial charge in [-0.1, -0.05) is 45.9 Å². The molecule has 0 saturated carbocycles. The molecule has 116 valence electrons. The highest BCUT2D eigenvalue weighted by molar-refractivity contribution is 5.96. The Morgan fingerprint density at radius 1 is 1.19 bits per heavy atom. The van der Waals surface area contributed by atoms with Crippen molar-refractivity contribution in [3.05, 3.63) is 29.8 Å². The molecule has 1 aliphatic rings. The molecule has 0 bridgehead atoms. The van der Waals surface area contributed by atoms with Crippen molar-refractivity contribution in [1.82, 2.24) is 5.32 Å². The third-order valence-corrected chi connectivity index (χ3v) is 4.74. The Bertz CT molecular complexity index is 488. The third kappa shape index (κ3) is 3.46. The van der Waals surface area contributed by atoms with E-state index in [0.717, 1.165) is 12.2 Å². The van der Waals surface area contributed by atoms with Gasteiger partial charge >= 0.3 is 0 Å². The molecule has 0 aromatic heterocycles. The minimum Gasteiger partial charge on any atom is -0.315 e. The van der Waals surface area contributed by atoms with Crippen LogP contribution < -0.4 is 10.2 Å². The van der Waals surface area contributed by atoms with E-state index in [-0.39, 0.29) is 11.9 Å². The molecule has 0 aliphatic carbocycles. The number of nitrogens with one attached hydrogen (secondary N) is 1. The van der Waals surface area contributed by atoms with E-state index in [2.05, 4.69) is 45.1 Å². The molecule has 1 N–H and O–H groups in total. The number of benzene rings is 1. The van der Waals surface area contributed by atoms with Crippen LogP contribution in [-0.4, -0.2) is 19.5 Å². The van der Waals surface area contributed by atoms with Gasteiger partial charge in [0.15, 0.2) is 0 Å². The van der Waals surface area contributed by atoms with Crippen molar-refractivity contribution in [2.75, 3.05) is 18.5 Å². The lowest BCUT2D eigenvalue weighted by atomic mass is 9.85. The van der Waals surface area contributed by atoms with Crippen molar-refractivity contribution in [2.45, 2.75) is 40.2 Å². The number of nitrogens with zero attached hydrogens (tertiary/aromatic N) is 1. The van der Waals surface area contributed by atoms with E-state index < -0.39 is 0 Å². The lowest BCUT2D eigenvalue weighted by molar-refractivity contribution is -0.119. The van der Waals surface area contributed by atoms with Gasteiger partial charge in [-0.3, -0.25) is 4.79 Å². The fourth-order valence-electron chi connectivity index (χ4n) is 3.35. The molecule has 2 rings (SSSR count). The maximum atomic E-state index is 12.2. The molecule has 0 saturated heterocycles. The standard InChI is InChI=1S/C18H28N2O/c1-12(2)15(13(3)4)11-19-16-10-18(21)20(5)17-9-7-6-8-14(16)17/h6-9,12-13,15-16,19H,10-11H2,1-5H3. The molecule has 1 aromatic rings. The molecule has 0 fully saturated rings. The molecule has 21 heavy (non-hydrogen) atoms. The summed E-state index contributed by atoms with van der Waals surface area (Å²) in [7, 11) is 1.86. The van der Waals surface area contributed by atoms with Gasteiger partial charge in [0, 0.05) is 25.2 Å². The predicted molar refractivity (Wildman–Crippen MR) is 88.4 cm³/mol. The van der Waals surface area contributed by atoms with Gasteiger partial charge < -0.3 is 10.2 Å². The second kappa shape index (κ2) is 6.61. The summed E-state index contributed by atoms with van der Waals surface area (Å²) in [4.78, 5) is 13.9. The highest BCUT2D eigenvalue weighted by Gasteiger charge is 2.29. The highest BCUT2D eigenvalue weighted by Crippen LogP contribution is 2.33. The summed E-state index contributed by atoms with van der Waals surface area (Å²) in [6.07, 6.45) is 0.552. The van der Waals surface area contributed by atoms with E-state index in [1.54, 1.807) is 4.90 Å². The van der Waals surface area contributed by atoms with Gasteiger partial charge in [-0.05, 0) is 35.9 Å². The summed E-state index contributed by atoms with van der Waals surface area (Å²) < 4.78 is 0. The Morgan fingerprint density at radius 2 is 1.81 bits per heavy atom. The second-order valence-electron chi connectivity index (χ2n) is 6.83. The first-order valence-electron chi connectivity index (χ1n) is 8.00. The van der Waals surface area contributed by atoms with Crippen LogP contribution in [0.4, 0.5) is 5.69 Å². The Hall–Kier alpha value is -1.35. The van der Waals surface area contributed by atoms with Crippen molar-refractivity contribution >= 4 is 11.6 Å². The minimum atomic E-state index is 0.143. The van der Waals surface area contributed by atoms with E-state index in [1.165, 1.54) is 5.56 Å². The molecule has 1 amide bonds. The van der Waals surface area contributed by atoms with Crippen LogP contribution in [0.2, 0.25) is 0 Å². The third-order valence-electron chi connectivity index (χ3n) is 4.74. The molecule has 1 heterocycles. The smallest absolute Gasteiger partial charge is 0.228 e. The number of fused-ring (bicyclic) bond motifs is 1. The zero-order chi connectivity index (χ0) is 15.6. The highest BCUT2D eigenvalue weighted by atomic mass is 16.2. The van der Waals surface area contributed by atoms with Crippen molar-refractivity contribution in [3.8, 4) is 0 Å². The molecule has 1 aromatic carbocycles. The van der Waals surface area contributed by atoms with Crippen LogP contribution in [0, 0.1) is 17.8 Å². The topological polar surface area (TPSA) is 32.3 Å². The van der Waals surface area contributed by atoms with E-state index >= 15 is 0 Å². The quantitative estimate of drug-likeness (QED) is 0.897. The molecule has 1 aliphatic heterocycles. The summed E-state index contributed by atoms with van der Waals surface area (Å²) >= 11 is 0. The van der Waals surface area contributed by atoms with E-state index in [1.807, 2.05) is 19.2 Å². The SMILES string of the molecule is CC(C)C(CNC1CC(=O)N(C)c2ccccc21)C(C)C. The first-order chi connectivity index (χ1) is 9.91. The van der Waals surface area contributed by atoms with E-state index in [0.29, 0.717) is 24.2 Å². The van der Waals surface area contributed by atoms with Gasteiger partial charge in [0.25, 0.3) is 0 Å². The van der Waals surface area contributed by atoms with Crippen molar-refractivity contribution in [3.63, 3.8) is 0 Å². The van der Waals surface area contributed by atoms with Gasteiger partial charge in [-0.15, -0.1) is 0 Å². The van der Waals surface area contributed by atoms with Gasteiger partial charge in [-0.2, -0.15) is 0 Å². The van der Waals surface area contributed by atoms with Gasteiger partial charge in [0.05, 0.1) is 0 Å². The number of para-hydroxylation sites is 1. The average molecular weight is 288 g/mol. The van der Waals surface area contributed by atoms with E-state index in [4.69, 9.17) is 0 Å². The van der Waals surface area contributed by atoms with Crippen LogP contribution in [-0.2, 0) is 4.79 Å². The van der Waals surface area contributed by atoms with Gasteiger partial charge in [-0.25, -0.2) is 0 Å². The van der Waals surface area contributed by atoms with Crippen LogP contribution in [0.25, 0.3) is 0 Å². The molecule has 3 heteroatoms. The molecule has 1 atom stereocenters. The minimum absolute atomic E-state index is 0.143. The molecule has 3 nitrogen and oxygen atoms in total. The summed E-state index contributed by atoms with van der Waals surface area (Å²) in [6.45, 7) is 10.1. The van der Waals surface area contributed by atoms with E-state index in [9.17, 15) is 4.79 Å². The molecular formula is C18H28N2O. The average Bonchev–Trinajstić information content (AvgIpc) is 2.43. The van der Waals surface area contributed by atoms with Crippen LogP contribution >= 0.6 is 0 Å². The molecule has 1 unspecified atom stereocenters. The maximum Gasteiger partial charge on any atom is 0.228 e. The first kappa shape index (κ1) is 16.0. The summed E-state index contributed by atoms with van der Waals surface area (Å²) in [6, 6.07) is 8.36. The van der Waals surface area contributed by atoms with Gasteiger partial charge in [0.2, 0.25) is 5.91 Å². The molecular weight excluding hydrogens is 260 g/mol. The van der Waals surface area contributed by atoms with Crippen molar-refractivity contribution in [2.24, 2.45) is 17.8 Å². The predicted octanol–water partition coefficient (Wildman–Crippen LogP) is 3.61. The fraction of sp³-hybridized carbons (Fsp3) is 0.611. The normalized spacial score (nSPS) is 18.8. The maximum absolute atomic E-state index is 12.2. The zero-order valence-electron chi connectivity index (χ0n) is 13.9. The number of amides is 1. The van der Waals surface area contributed by atoms with Gasteiger partial charge in [0.1, 0.15) is 0 Å². The summed E-state index contributed by atoms with van der Waals surface area (Å²) in [5, 5.41) is 3.64. The van der Waals surface area contributed by atoms with Crippen LogP contribution in [0.1, 0.15) is 45.7 Å². The monoisotopic (exact) mass is 288 g/mol. The number of hydrogen-bond acceptors (Lipinski definition) is 2. The Balaban J connectivity index is 2.14. The van der Waals surface area contributed by atoms with Crippen LogP contribution in [0.5, 0.6) is 0 Å².